The van der Waals surface area contributed by atoms with Gasteiger partial charge in [0.1, 0.15) is 0 Å². The summed E-state index contributed by atoms with van der Waals surface area (Å²) in [6, 6.07) is 5.41. The molecule has 0 aliphatic carbocycles. The van der Waals surface area contributed by atoms with E-state index in [-0.39, 0.29) is 6.04 Å². The lowest BCUT2D eigenvalue weighted by molar-refractivity contribution is 0.464. The fraction of sp³-hybridized carbons (Fsp3) is 0.500. The minimum absolute atomic E-state index is 0.260. The van der Waals surface area contributed by atoms with Crippen LogP contribution in [0.25, 0.3) is 0 Å². The Kier molecular flexibility index (Phi) is 4.11. The molecule has 2 rings (SSSR count). The fourth-order valence-electron chi connectivity index (χ4n) is 2.11. The number of nitrogens with one attached hydrogen (secondary N) is 1. The molecule has 6 heteroatoms. The highest BCUT2D eigenvalue weighted by Gasteiger charge is 2.31. The fourth-order valence-corrected chi connectivity index (χ4v) is 3.94. The van der Waals surface area contributed by atoms with Gasteiger partial charge in [0.25, 0.3) is 0 Å². The standard InChI is InChI=1S/C12H17BrN2O2S/c1-9-7-11(3-4-12(9)13)18(16,17)15-6-5-10(8-15)14-2/h3-4,7,10,14H,5-6,8H2,1-2H3. The molecular formula is C12H17BrN2O2S. The van der Waals surface area contributed by atoms with E-state index in [1.807, 2.05) is 14.0 Å². The number of rotatable bonds is 3. The summed E-state index contributed by atoms with van der Waals surface area (Å²) in [6.45, 7) is 3.03. The maximum Gasteiger partial charge on any atom is 0.243 e. The highest BCUT2D eigenvalue weighted by Crippen LogP contribution is 2.24. The number of nitrogens with zero attached hydrogens (tertiary/aromatic N) is 1. The molecule has 1 aliphatic rings. The van der Waals surface area contributed by atoms with Crippen LogP contribution in [0.15, 0.2) is 27.6 Å². The first-order valence-corrected chi connectivity index (χ1v) is 8.12. The summed E-state index contributed by atoms with van der Waals surface area (Å²) in [4.78, 5) is 0.375. The van der Waals surface area contributed by atoms with Gasteiger partial charge in [0, 0.05) is 23.6 Å². The van der Waals surface area contributed by atoms with Gasteiger partial charge in [-0.3, -0.25) is 0 Å². The normalized spacial score (nSPS) is 21.4. The maximum absolute atomic E-state index is 12.4. The molecule has 0 bridgehead atoms. The first kappa shape index (κ1) is 14.0. The van der Waals surface area contributed by atoms with Crippen LogP contribution in [0.1, 0.15) is 12.0 Å². The van der Waals surface area contributed by atoms with Gasteiger partial charge in [0.05, 0.1) is 4.90 Å². The summed E-state index contributed by atoms with van der Waals surface area (Å²) in [5, 5.41) is 3.12. The Bertz CT molecular complexity index is 545. The van der Waals surface area contributed by atoms with E-state index in [1.165, 1.54) is 0 Å². The molecule has 0 radical (unpaired) electrons. The molecular weight excluding hydrogens is 316 g/mol. The number of benzene rings is 1. The Hall–Kier alpha value is -0.430. The Labute approximate surface area is 117 Å². The predicted octanol–water partition coefficient (Wildman–Crippen LogP) is 1.74. The van der Waals surface area contributed by atoms with Crippen molar-refractivity contribution in [2.75, 3.05) is 20.1 Å². The van der Waals surface area contributed by atoms with Crippen LogP contribution >= 0.6 is 15.9 Å². The first-order valence-electron chi connectivity index (χ1n) is 5.88. The largest absolute Gasteiger partial charge is 0.316 e. The van der Waals surface area contributed by atoms with Crippen molar-refractivity contribution in [1.29, 1.82) is 0 Å². The van der Waals surface area contributed by atoms with Crippen LogP contribution in [0.4, 0.5) is 0 Å². The molecule has 0 spiro atoms. The predicted molar refractivity (Wildman–Crippen MR) is 75.1 cm³/mol. The van der Waals surface area contributed by atoms with Gasteiger partial charge in [0.15, 0.2) is 0 Å². The van der Waals surface area contributed by atoms with Crippen molar-refractivity contribution in [2.24, 2.45) is 0 Å². The Morgan fingerprint density at radius 2 is 2.17 bits per heavy atom. The van der Waals surface area contributed by atoms with Crippen molar-refractivity contribution in [3.05, 3.63) is 28.2 Å². The molecule has 0 amide bonds. The second-order valence-electron chi connectivity index (χ2n) is 4.55. The van der Waals surface area contributed by atoms with Gasteiger partial charge in [-0.1, -0.05) is 15.9 Å². The van der Waals surface area contributed by atoms with Crippen LogP contribution in [0.5, 0.6) is 0 Å². The van der Waals surface area contributed by atoms with Gasteiger partial charge in [-0.15, -0.1) is 0 Å². The molecule has 1 aliphatic heterocycles. The molecule has 1 aromatic rings. The van der Waals surface area contributed by atoms with Gasteiger partial charge in [-0.05, 0) is 44.2 Å². The SMILES string of the molecule is CNC1CCN(S(=O)(=O)c2ccc(Br)c(C)c2)C1. The van der Waals surface area contributed by atoms with E-state index in [1.54, 1.807) is 22.5 Å². The topological polar surface area (TPSA) is 49.4 Å². The molecule has 0 saturated carbocycles. The van der Waals surface area contributed by atoms with Crippen molar-refractivity contribution in [3.63, 3.8) is 0 Å². The van der Waals surface area contributed by atoms with E-state index in [4.69, 9.17) is 0 Å². The molecule has 1 atom stereocenters. The monoisotopic (exact) mass is 332 g/mol. The molecule has 1 fully saturated rings. The first-order chi connectivity index (χ1) is 8.45. The number of hydrogen-bond acceptors (Lipinski definition) is 3. The van der Waals surface area contributed by atoms with E-state index in [9.17, 15) is 8.42 Å². The van der Waals surface area contributed by atoms with Gasteiger partial charge in [0.2, 0.25) is 10.0 Å². The molecule has 1 N–H and O–H groups in total. The number of halogens is 1. The van der Waals surface area contributed by atoms with Crippen LogP contribution in [0.2, 0.25) is 0 Å². The lowest BCUT2D eigenvalue weighted by atomic mass is 10.2. The average Bonchev–Trinajstić information content (AvgIpc) is 2.81. The van der Waals surface area contributed by atoms with Gasteiger partial charge >= 0.3 is 0 Å². The zero-order valence-corrected chi connectivity index (χ0v) is 12.9. The van der Waals surface area contributed by atoms with Crippen molar-refractivity contribution in [3.8, 4) is 0 Å². The van der Waals surface area contributed by atoms with E-state index in [0.29, 0.717) is 18.0 Å². The summed E-state index contributed by atoms with van der Waals surface area (Å²) < 4.78 is 27.4. The minimum atomic E-state index is -3.35. The summed E-state index contributed by atoms with van der Waals surface area (Å²) in [7, 11) is -1.48. The van der Waals surface area contributed by atoms with Crippen LogP contribution in [0.3, 0.4) is 0 Å². The van der Waals surface area contributed by atoms with Crippen molar-refractivity contribution < 1.29 is 8.42 Å². The molecule has 100 valence electrons. The quantitative estimate of drug-likeness (QED) is 0.917. The van der Waals surface area contributed by atoms with Crippen LogP contribution in [-0.2, 0) is 10.0 Å². The average molecular weight is 333 g/mol. The van der Waals surface area contributed by atoms with Crippen molar-refractivity contribution in [1.82, 2.24) is 9.62 Å². The maximum atomic E-state index is 12.4. The third-order valence-corrected chi connectivity index (χ3v) is 6.08. The van der Waals surface area contributed by atoms with Crippen LogP contribution < -0.4 is 5.32 Å². The van der Waals surface area contributed by atoms with Crippen molar-refractivity contribution in [2.45, 2.75) is 24.3 Å². The Morgan fingerprint density at radius 1 is 1.44 bits per heavy atom. The molecule has 1 heterocycles. The lowest BCUT2D eigenvalue weighted by Crippen LogP contribution is -2.33. The third-order valence-electron chi connectivity index (χ3n) is 3.33. The third kappa shape index (κ3) is 2.61. The van der Waals surface area contributed by atoms with Crippen LogP contribution in [-0.4, -0.2) is 38.9 Å². The van der Waals surface area contributed by atoms with E-state index < -0.39 is 10.0 Å². The Balaban J connectivity index is 2.28. The zero-order chi connectivity index (χ0) is 13.3. The lowest BCUT2D eigenvalue weighted by Gasteiger charge is -2.17. The Morgan fingerprint density at radius 3 is 2.72 bits per heavy atom. The summed E-state index contributed by atoms with van der Waals surface area (Å²) in [6.07, 6.45) is 0.866. The molecule has 1 saturated heterocycles. The highest BCUT2D eigenvalue weighted by molar-refractivity contribution is 9.10. The van der Waals surface area contributed by atoms with Crippen LogP contribution in [0, 0.1) is 6.92 Å². The van der Waals surface area contributed by atoms with Gasteiger partial charge in [-0.25, -0.2) is 8.42 Å². The van der Waals surface area contributed by atoms with E-state index >= 15 is 0 Å². The van der Waals surface area contributed by atoms with Gasteiger partial charge in [-0.2, -0.15) is 4.31 Å². The number of hydrogen-bond donors (Lipinski definition) is 1. The summed E-state index contributed by atoms with van der Waals surface area (Å²) in [5.41, 5.74) is 0.931. The molecule has 4 nitrogen and oxygen atoms in total. The molecule has 0 aromatic heterocycles. The van der Waals surface area contributed by atoms with E-state index in [0.717, 1.165) is 16.5 Å². The molecule has 1 aromatic carbocycles. The van der Waals surface area contributed by atoms with E-state index in [2.05, 4.69) is 21.2 Å². The number of aryl methyl sites for hydroxylation is 1. The molecule has 1 unspecified atom stereocenters. The highest BCUT2D eigenvalue weighted by atomic mass is 79.9. The minimum Gasteiger partial charge on any atom is -0.316 e. The second-order valence-corrected chi connectivity index (χ2v) is 7.34. The number of sulfonamides is 1. The van der Waals surface area contributed by atoms with Gasteiger partial charge < -0.3 is 5.32 Å². The second kappa shape index (κ2) is 5.28. The summed E-state index contributed by atoms with van der Waals surface area (Å²) >= 11 is 3.38. The zero-order valence-electron chi connectivity index (χ0n) is 10.5. The summed E-state index contributed by atoms with van der Waals surface area (Å²) in [5.74, 6) is 0. The smallest absolute Gasteiger partial charge is 0.243 e. The number of likely N-dealkylation sites (N-methyl/N-ethyl adjacent to an activating group) is 1. The van der Waals surface area contributed by atoms with Crippen molar-refractivity contribution >= 4 is 26.0 Å². The molecule has 18 heavy (non-hydrogen) atoms.